The maximum atomic E-state index is 11.6. The number of rotatable bonds is 9. The van der Waals surface area contributed by atoms with Crippen LogP contribution in [-0.4, -0.2) is 50.9 Å². The molecule has 0 bridgehead atoms. The van der Waals surface area contributed by atoms with Crippen LogP contribution in [0.2, 0.25) is 0 Å². The Morgan fingerprint density at radius 3 is 2.41 bits per heavy atom. The van der Waals surface area contributed by atoms with E-state index in [0.29, 0.717) is 38.2 Å². The first kappa shape index (κ1) is 22.8. The van der Waals surface area contributed by atoms with Gasteiger partial charge in [-0.1, -0.05) is 37.3 Å². The van der Waals surface area contributed by atoms with E-state index >= 15 is 0 Å². The van der Waals surface area contributed by atoms with Crippen LogP contribution in [0.15, 0.2) is 35.3 Å². The summed E-state index contributed by atoms with van der Waals surface area (Å²) in [7, 11) is 1.72. The lowest BCUT2D eigenvalue weighted by molar-refractivity contribution is 0.0529. The topological polar surface area (TPSA) is 84.0 Å². The van der Waals surface area contributed by atoms with E-state index in [-0.39, 0.29) is 0 Å². The van der Waals surface area contributed by atoms with Gasteiger partial charge in [-0.25, -0.2) is 4.79 Å². The Kier molecular flexibility index (Phi) is 10.3. The SMILES string of the molecule is CN=C(NCCNC(=O)OC(C)(C)C)NCC(C)COCc1ccccc1. The number of nitrogens with one attached hydrogen (secondary N) is 3. The highest BCUT2D eigenvalue weighted by molar-refractivity contribution is 5.79. The number of hydrogen-bond donors (Lipinski definition) is 3. The minimum atomic E-state index is -0.492. The summed E-state index contributed by atoms with van der Waals surface area (Å²) in [6.07, 6.45) is -0.420. The molecule has 152 valence electrons. The molecule has 1 amide bonds. The molecule has 0 saturated carbocycles. The van der Waals surface area contributed by atoms with E-state index in [2.05, 4.69) is 40.0 Å². The van der Waals surface area contributed by atoms with Crippen LogP contribution < -0.4 is 16.0 Å². The van der Waals surface area contributed by atoms with Crippen LogP contribution in [0.1, 0.15) is 33.3 Å². The van der Waals surface area contributed by atoms with Crippen LogP contribution in [0.4, 0.5) is 4.79 Å². The van der Waals surface area contributed by atoms with Crippen molar-refractivity contribution in [1.29, 1.82) is 0 Å². The van der Waals surface area contributed by atoms with Gasteiger partial charge in [-0.3, -0.25) is 4.99 Å². The molecule has 7 nitrogen and oxygen atoms in total. The van der Waals surface area contributed by atoms with Gasteiger partial charge < -0.3 is 25.4 Å². The largest absolute Gasteiger partial charge is 0.444 e. The maximum Gasteiger partial charge on any atom is 0.407 e. The molecule has 1 unspecified atom stereocenters. The highest BCUT2D eigenvalue weighted by Crippen LogP contribution is 2.06. The van der Waals surface area contributed by atoms with Crippen molar-refractivity contribution in [2.24, 2.45) is 10.9 Å². The van der Waals surface area contributed by atoms with Gasteiger partial charge in [-0.2, -0.15) is 0 Å². The number of benzene rings is 1. The van der Waals surface area contributed by atoms with Crippen molar-refractivity contribution in [3.8, 4) is 0 Å². The second-order valence-electron chi connectivity index (χ2n) is 7.41. The Hall–Kier alpha value is -2.28. The van der Waals surface area contributed by atoms with Gasteiger partial charge in [0, 0.05) is 26.7 Å². The van der Waals surface area contributed by atoms with E-state index in [0.717, 1.165) is 6.54 Å². The molecule has 0 radical (unpaired) electrons. The minimum absolute atomic E-state index is 0.340. The molecule has 3 N–H and O–H groups in total. The van der Waals surface area contributed by atoms with Crippen molar-refractivity contribution < 1.29 is 14.3 Å². The summed E-state index contributed by atoms with van der Waals surface area (Å²) in [5, 5.41) is 9.11. The maximum absolute atomic E-state index is 11.6. The van der Waals surface area contributed by atoms with Gasteiger partial charge >= 0.3 is 6.09 Å². The lowest BCUT2D eigenvalue weighted by Gasteiger charge is -2.20. The van der Waals surface area contributed by atoms with Gasteiger partial charge in [0.05, 0.1) is 13.2 Å². The van der Waals surface area contributed by atoms with Gasteiger partial charge in [0.15, 0.2) is 5.96 Å². The Morgan fingerprint density at radius 2 is 1.78 bits per heavy atom. The lowest BCUT2D eigenvalue weighted by Crippen LogP contribution is -2.43. The first-order valence-corrected chi connectivity index (χ1v) is 9.33. The highest BCUT2D eigenvalue weighted by Gasteiger charge is 2.15. The number of carbonyl (C=O) groups is 1. The van der Waals surface area contributed by atoms with Crippen molar-refractivity contribution in [1.82, 2.24) is 16.0 Å². The number of aliphatic imine (C=N–C) groups is 1. The number of nitrogens with zero attached hydrogens (tertiary/aromatic N) is 1. The number of guanidine groups is 1. The number of ether oxygens (including phenoxy) is 2. The lowest BCUT2D eigenvalue weighted by atomic mass is 10.2. The quantitative estimate of drug-likeness (QED) is 0.349. The van der Waals surface area contributed by atoms with E-state index in [1.807, 2.05) is 39.0 Å². The summed E-state index contributed by atoms with van der Waals surface area (Å²) in [5.74, 6) is 1.03. The van der Waals surface area contributed by atoms with Crippen LogP contribution >= 0.6 is 0 Å². The molecular weight excluding hydrogens is 344 g/mol. The highest BCUT2D eigenvalue weighted by atomic mass is 16.6. The summed E-state index contributed by atoms with van der Waals surface area (Å²) in [4.78, 5) is 15.7. The molecule has 7 heteroatoms. The number of alkyl carbamates (subject to hydrolysis) is 1. The Balaban J connectivity index is 2.13. The standard InChI is InChI=1S/C20H34N4O3/c1-16(14-26-15-17-9-7-6-8-10-17)13-24-18(21-5)22-11-12-23-19(25)27-20(2,3)4/h6-10,16H,11-15H2,1-5H3,(H,23,25)(H2,21,22,24). The van der Waals surface area contributed by atoms with Gasteiger partial charge in [-0.05, 0) is 32.3 Å². The molecule has 1 aromatic rings. The number of amides is 1. The monoisotopic (exact) mass is 378 g/mol. The van der Waals surface area contributed by atoms with Crippen LogP contribution in [0, 0.1) is 5.92 Å². The molecule has 1 aromatic carbocycles. The first-order valence-electron chi connectivity index (χ1n) is 9.33. The molecule has 0 saturated heterocycles. The van der Waals surface area contributed by atoms with Crippen LogP contribution in [0.3, 0.4) is 0 Å². The predicted octanol–water partition coefficient (Wildman–Crippen LogP) is 2.53. The molecule has 0 spiro atoms. The van der Waals surface area contributed by atoms with Crippen LogP contribution in [0.5, 0.6) is 0 Å². The third-order valence-corrected chi connectivity index (χ3v) is 3.44. The molecule has 0 aromatic heterocycles. The summed E-state index contributed by atoms with van der Waals surface area (Å²) >= 11 is 0. The molecule has 0 fully saturated rings. The zero-order chi connectivity index (χ0) is 20.1. The fraction of sp³-hybridized carbons (Fsp3) is 0.600. The normalized spacial score (nSPS) is 13.0. The summed E-state index contributed by atoms with van der Waals surface area (Å²) in [5.41, 5.74) is 0.681. The fourth-order valence-electron chi connectivity index (χ4n) is 2.16. The third kappa shape index (κ3) is 11.9. The van der Waals surface area contributed by atoms with Gasteiger partial charge in [0.1, 0.15) is 5.60 Å². The summed E-state index contributed by atoms with van der Waals surface area (Å²) in [6, 6.07) is 10.1. The molecule has 27 heavy (non-hydrogen) atoms. The molecule has 0 aliphatic rings. The summed E-state index contributed by atoms with van der Waals surface area (Å²) in [6.45, 7) is 10.7. The number of hydrogen-bond acceptors (Lipinski definition) is 4. The van der Waals surface area contributed by atoms with E-state index in [1.54, 1.807) is 7.05 Å². The van der Waals surface area contributed by atoms with Crippen LogP contribution in [0.25, 0.3) is 0 Å². The molecule has 0 heterocycles. The van der Waals surface area contributed by atoms with Crippen molar-refractivity contribution in [2.45, 2.75) is 39.9 Å². The molecule has 0 aliphatic carbocycles. The van der Waals surface area contributed by atoms with E-state index in [1.165, 1.54) is 5.56 Å². The van der Waals surface area contributed by atoms with E-state index < -0.39 is 11.7 Å². The van der Waals surface area contributed by atoms with Gasteiger partial charge in [-0.15, -0.1) is 0 Å². The molecular formula is C20H34N4O3. The van der Waals surface area contributed by atoms with Crippen molar-refractivity contribution >= 4 is 12.1 Å². The molecule has 1 rings (SSSR count). The van der Waals surface area contributed by atoms with Crippen LogP contribution in [-0.2, 0) is 16.1 Å². The zero-order valence-electron chi connectivity index (χ0n) is 17.2. The fourth-order valence-corrected chi connectivity index (χ4v) is 2.16. The minimum Gasteiger partial charge on any atom is -0.444 e. The summed E-state index contributed by atoms with van der Waals surface area (Å²) < 4.78 is 10.9. The second kappa shape index (κ2) is 12.2. The third-order valence-electron chi connectivity index (χ3n) is 3.44. The smallest absolute Gasteiger partial charge is 0.407 e. The zero-order valence-corrected chi connectivity index (χ0v) is 17.2. The van der Waals surface area contributed by atoms with Crippen molar-refractivity contribution in [2.75, 3.05) is 33.3 Å². The van der Waals surface area contributed by atoms with Crippen molar-refractivity contribution in [3.05, 3.63) is 35.9 Å². The molecule has 0 aliphatic heterocycles. The van der Waals surface area contributed by atoms with E-state index in [9.17, 15) is 4.79 Å². The Labute approximate surface area is 162 Å². The Bertz CT molecular complexity index is 570. The second-order valence-corrected chi connectivity index (χ2v) is 7.41. The Morgan fingerprint density at radius 1 is 1.11 bits per heavy atom. The molecule has 1 atom stereocenters. The van der Waals surface area contributed by atoms with Crippen molar-refractivity contribution in [3.63, 3.8) is 0 Å². The van der Waals surface area contributed by atoms with Gasteiger partial charge in [0.25, 0.3) is 0 Å². The van der Waals surface area contributed by atoms with E-state index in [4.69, 9.17) is 9.47 Å². The first-order chi connectivity index (χ1) is 12.8. The number of carbonyl (C=O) groups excluding carboxylic acids is 1. The average molecular weight is 379 g/mol. The van der Waals surface area contributed by atoms with Gasteiger partial charge in [0.2, 0.25) is 0 Å². The predicted molar refractivity (Wildman–Crippen MR) is 109 cm³/mol. The average Bonchev–Trinajstić information content (AvgIpc) is 2.60.